The maximum absolute atomic E-state index is 5.36. The Balaban J connectivity index is 1.05. The van der Waals surface area contributed by atoms with E-state index in [1.165, 1.54) is 47.4 Å². The molecule has 12 aromatic rings. The second-order valence-electron chi connectivity index (χ2n) is 15.2. The van der Waals surface area contributed by atoms with Gasteiger partial charge in [0.15, 0.2) is 17.5 Å². The van der Waals surface area contributed by atoms with Crippen molar-refractivity contribution in [3.8, 4) is 62.1 Å². The normalized spacial score (nSPS) is 11.7. The summed E-state index contributed by atoms with van der Waals surface area (Å²) >= 11 is 1.79. The maximum Gasteiger partial charge on any atom is 0.165 e. The summed E-state index contributed by atoms with van der Waals surface area (Å²) in [7, 11) is 0. The number of aromatic nitrogens is 4. The van der Waals surface area contributed by atoms with Crippen LogP contribution >= 0.6 is 11.3 Å². The number of hydrogen-bond donors (Lipinski definition) is 0. The molecule has 0 N–H and O–H groups in total. The summed E-state index contributed by atoms with van der Waals surface area (Å²) in [5, 5.41) is 7.29. The van der Waals surface area contributed by atoms with Gasteiger partial charge in [-0.3, -0.25) is 0 Å². The zero-order valence-corrected chi connectivity index (χ0v) is 33.1. The first-order valence-electron chi connectivity index (χ1n) is 20.2. The van der Waals surface area contributed by atoms with Crippen molar-refractivity contribution in [2.45, 2.75) is 0 Å². The fourth-order valence-electron chi connectivity index (χ4n) is 8.88. The van der Waals surface area contributed by atoms with Crippen LogP contribution < -0.4 is 0 Å². The quantitative estimate of drug-likeness (QED) is 0.169. The lowest BCUT2D eigenvalue weighted by molar-refractivity contribution is 1.08. The second kappa shape index (κ2) is 14.0. The fraction of sp³-hybridized carbons (Fsp3) is 0. The number of rotatable bonds is 6. The lowest BCUT2D eigenvalue weighted by atomic mass is 9.96. The number of para-hydroxylation sites is 2. The molecule has 0 radical (unpaired) electrons. The lowest BCUT2D eigenvalue weighted by Gasteiger charge is -2.15. The molecule has 0 fully saturated rings. The summed E-state index contributed by atoms with van der Waals surface area (Å²) < 4.78 is 4.79. The summed E-state index contributed by atoms with van der Waals surface area (Å²) in [6.07, 6.45) is 0. The van der Waals surface area contributed by atoms with Gasteiger partial charge in [0, 0.05) is 53.3 Å². The van der Waals surface area contributed by atoms with Crippen molar-refractivity contribution in [3.63, 3.8) is 0 Å². The average Bonchev–Trinajstić information content (AvgIpc) is 3.87. The van der Waals surface area contributed by atoms with Gasteiger partial charge in [0.2, 0.25) is 0 Å². The van der Waals surface area contributed by atoms with E-state index in [0.29, 0.717) is 17.5 Å². The summed E-state index contributed by atoms with van der Waals surface area (Å²) in [6.45, 7) is 0. The van der Waals surface area contributed by atoms with Crippen LogP contribution in [0.1, 0.15) is 0 Å². The van der Waals surface area contributed by atoms with Crippen LogP contribution in [0.5, 0.6) is 0 Å². The summed E-state index contributed by atoms with van der Waals surface area (Å²) in [5.74, 6) is 1.92. The number of thiophene rings is 1. The van der Waals surface area contributed by atoms with Gasteiger partial charge in [-0.05, 0) is 75.5 Å². The Morgan fingerprint density at radius 2 is 0.850 bits per heavy atom. The first-order chi connectivity index (χ1) is 29.7. The van der Waals surface area contributed by atoms with E-state index in [4.69, 9.17) is 15.0 Å². The van der Waals surface area contributed by atoms with Crippen LogP contribution in [0.4, 0.5) is 0 Å². The molecule has 0 aliphatic heterocycles. The molecule has 60 heavy (non-hydrogen) atoms. The van der Waals surface area contributed by atoms with E-state index in [-0.39, 0.29) is 0 Å². The third-order valence-corrected chi connectivity index (χ3v) is 12.9. The van der Waals surface area contributed by atoms with E-state index >= 15 is 0 Å². The Morgan fingerprint density at radius 1 is 0.333 bits per heavy atom. The van der Waals surface area contributed by atoms with Crippen molar-refractivity contribution in [3.05, 3.63) is 206 Å². The van der Waals surface area contributed by atoms with Gasteiger partial charge in [0.25, 0.3) is 0 Å². The van der Waals surface area contributed by atoms with E-state index in [9.17, 15) is 0 Å². The highest BCUT2D eigenvalue weighted by Gasteiger charge is 2.20. The molecule has 0 amide bonds. The number of benzene rings is 9. The molecule has 0 saturated heterocycles. The van der Waals surface area contributed by atoms with Gasteiger partial charge >= 0.3 is 0 Å². The number of hydrogen-bond acceptors (Lipinski definition) is 4. The minimum atomic E-state index is 0.630. The standard InChI is InChI=1S/C55H34N4S/c1-2-15-36(16-3-1)40-17-4-6-22-46(40)53-56-54(58-55(57-53)48-25-14-24-45-44-21-10-13-28-51(44)60-52(45)48)47-23-7-5-18-41(47)37-30-29-35-31-32-39(34-38(35)33-37)59-49-26-11-8-19-42(49)43-20-9-12-27-50(43)59/h1-34H. The Kier molecular flexibility index (Phi) is 8.00. The first-order valence-corrected chi connectivity index (χ1v) is 21.0. The summed E-state index contributed by atoms with van der Waals surface area (Å²) in [4.78, 5) is 16.0. The maximum atomic E-state index is 5.36. The van der Waals surface area contributed by atoms with Crippen LogP contribution in [0.2, 0.25) is 0 Å². The highest BCUT2D eigenvalue weighted by molar-refractivity contribution is 7.26. The molecular weight excluding hydrogens is 749 g/mol. The van der Waals surface area contributed by atoms with Crippen molar-refractivity contribution in [1.82, 2.24) is 19.5 Å². The van der Waals surface area contributed by atoms with Gasteiger partial charge in [-0.2, -0.15) is 0 Å². The van der Waals surface area contributed by atoms with E-state index in [1.807, 2.05) is 6.07 Å². The zero-order chi connectivity index (χ0) is 39.6. The summed E-state index contributed by atoms with van der Waals surface area (Å²) in [5.41, 5.74) is 10.8. The number of fused-ring (bicyclic) bond motifs is 7. The van der Waals surface area contributed by atoms with Gasteiger partial charge < -0.3 is 4.57 Å². The van der Waals surface area contributed by atoms with Gasteiger partial charge in [0.1, 0.15) is 0 Å². The van der Waals surface area contributed by atoms with Gasteiger partial charge in [-0.1, -0.05) is 164 Å². The number of nitrogens with zero attached hydrogens (tertiary/aromatic N) is 4. The topological polar surface area (TPSA) is 43.6 Å². The average molecular weight is 783 g/mol. The fourth-order valence-corrected chi connectivity index (χ4v) is 10.1. The van der Waals surface area contributed by atoms with Crippen molar-refractivity contribution < 1.29 is 0 Å². The zero-order valence-electron chi connectivity index (χ0n) is 32.3. The predicted octanol–water partition coefficient (Wildman–Crippen LogP) is 14.8. The highest BCUT2D eigenvalue weighted by atomic mass is 32.1. The molecule has 0 atom stereocenters. The van der Waals surface area contributed by atoms with E-state index in [2.05, 4.69) is 205 Å². The molecule has 4 nitrogen and oxygen atoms in total. The molecule has 0 bridgehead atoms. The Morgan fingerprint density at radius 3 is 1.55 bits per heavy atom. The SMILES string of the molecule is c1ccc(-c2ccccc2-c2nc(-c3ccccc3-c3ccc4ccc(-n5c6ccccc6c6ccccc65)cc4c3)nc(-c3cccc4c3sc3ccccc34)n2)cc1. The Hall–Kier alpha value is -7.73. The molecule has 3 heterocycles. The molecule has 9 aromatic carbocycles. The minimum Gasteiger partial charge on any atom is -0.309 e. The largest absolute Gasteiger partial charge is 0.309 e. The highest BCUT2D eigenvalue weighted by Crippen LogP contribution is 2.41. The van der Waals surface area contributed by atoms with E-state index < -0.39 is 0 Å². The monoisotopic (exact) mass is 782 g/mol. The summed E-state index contributed by atoms with van der Waals surface area (Å²) in [6, 6.07) is 73.3. The third kappa shape index (κ3) is 5.63. The lowest BCUT2D eigenvalue weighted by Crippen LogP contribution is -2.02. The van der Waals surface area contributed by atoms with E-state index in [1.54, 1.807) is 11.3 Å². The van der Waals surface area contributed by atoms with E-state index in [0.717, 1.165) is 50.0 Å². The molecule has 0 spiro atoms. The molecule has 3 aromatic heterocycles. The van der Waals surface area contributed by atoms with Crippen LogP contribution in [0.3, 0.4) is 0 Å². The van der Waals surface area contributed by atoms with Crippen molar-refractivity contribution >= 4 is 64.1 Å². The smallest absolute Gasteiger partial charge is 0.165 e. The predicted molar refractivity (Wildman–Crippen MR) is 252 cm³/mol. The van der Waals surface area contributed by atoms with Crippen LogP contribution in [0.15, 0.2) is 206 Å². The third-order valence-electron chi connectivity index (χ3n) is 11.7. The molecule has 0 saturated carbocycles. The molecule has 0 aliphatic carbocycles. The Labute approximate surface area is 350 Å². The molecule has 280 valence electrons. The van der Waals surface area contributed by atoms with Crippen molar-refractivity contribution in [1.29, 1.82) is 0 Å². The minimum absolute atomic E-state index is 0.630. The van der Waals surface area contributed by atoms with Gasteiger partial charge in [-0.15, -0.1) is 11.3 Å². The molecule has 5 heteroatoms. The van der Waals surface area contributed by atoms with Crippen LogP contribution in [0.25, 0.3) is 115 Å². The Bertz CT molecular complexity index is 3570. The second-order valence-corrected chi connectivity index (χ2v) is 16.2. The first kappa shape index (κ1) is 34.3. The van der Waals surface area contributed by atoms with Gasteiger partial charge in [0.05, 0.1) is 11.0 Å². The molecule has 0 unspecified atom stereocenters. The van der Waals surface area contributed by atoms with Crippen LogP contribution in [-0.2, 0) is 0 Å². The van der Waals surface area contributed by atoms with Crippen molar-refractivity contribution in [2.75, 3.05) is 0 Å². The molecular formula is C55H34N4S. The molecule has 12 rings (SSSR count). The van der Waals surface area contributed by atoms with Gasteiger partial charge in [-0.25, -0.2) is 15.0 Å². The van der Waals surface area contributed by atoms with Crippen molar-refractivity contribution in [2.24, 2.45) is 0 Å². The van der Waals surface area contributed by atoms with Crippen LogP contribution in [-0.4, -0.2) is 19.5 Å². The van der Waals surface area contributed by atoms with Crippen LogP contribution in [0, 0.1) is 0 Å². The molecule has 0 aliphatic rings.